The average molecular weight is 195 g/mol. The summed E-state index contributed by atoms with van der Waals surface area (Å²) in [5, 5.41) is 9.07. The van der Waals surface area contributed by atoms with Crippen molar-refractivity contribution in [2.24, 2.45) is 0 Å². The van der Waals surface area contributed by atoms with Gasteiger partial charge in [-0.15, -0.1) is 0 Å². The Labute approximate surface area is 80.6 Å². The van der Waals surface area contributed by atoms with E-state index in [0.717, 1.165) is 12.6 Å². The van der Waals surface area contributed by atoms with E-state index in [4.69, 9.17) is 5.11 Å². The van der Waals surface area contributed by atoms with Crippen LogP contribution in [-0.4, -0.2) is 16.1 Å². The van der Waals surface area contributed by atoms with Crippen molar-refractivity contribution < 1.29 is 14.3 Å². The van der Waals surface area contributed by atoms with E-state index in [0.29, 0.717) is 12.8 Å². The molecule has 1 aliphatic rings. The van der Waals surface area contributed by atoms with Gasteiger partial charge in [0.25, 0.3) is 0 Å². The first kappa shape index (κ1) is 9.12. The van der Waals surface area contributed by atoms with E-state index in [-0.39, 0.29) is 5.56 Å². The highest BCUT2D eigenvalue weighted by molar-refractivity contribution is 5.82. The molecule has 14 heavy (non-hydrogen) atoms. The molecule has 1 heterocycles. The maximum Gasteiger partial charge on any atom is 0.314 e. The van der Waals surface area contributed by atoms with Crippen LogP contribution in [0, 0.1) is 5.82 Å². The predicted octanol–water partition coefficient (Wildman–Crippen LogP) is 1.73. The van der Waals surface area contributed by atoms with Crippen LogP contribution in [0.1, 0.15) is 24.8 Å². The molecule has 0 atom stereocenters. The van der Waals surface area contributed by atoms with Gasteiger partial charge in [0.05, 0.1) is 11.6 Å². The van der Waals surface area contributed by atoms with Crippen LogP contribution in [0.3, 0.4) is 0 Å². The number of hydrogen-bond donors (Lipinski definition) is 1. The van der Waals surface area contributed by atoms with Gasteiger partial charge in [-0.1, -0.05) is 6.42 Å². The Morgan fingerprint density at radius 3 is 2.71 bits per heavy atom. The summed E-state index contributed by atoms with van der Waals surface area (Å²) < 4.78 is 13.3. The summed E-state index contributed by atoms with van der Waals surface area (Å²) in [5.74, 6) is -1.46. The molecule has 0 amide bonds. The molecule has 1 aromatic rings. The average Bonchev–Trinajstić information content (AvgIpc) is 2.05. The van der Waals surface area contributed by atoms with E-state index in [1.165, 1.54) is 12.3 Å². The van der Waals surface area contributed by atoms with E-state index < -0.39 is 17.2 Å². The lowest BCUT2D eigenvalue weighted by molar-refractivity contribution is -0.147. The lowest BCUT2D eigenvalue weighted by Crippen LogP contribution is -2.43. The van der Waals surface area contributed by atoms with Crippen LogP contribution < -0.4 is 0 Å². The molecule has 0 saturated heterocycles. The van der Waals surface area contributed by atoms with E-state index in [9.17, 15) is 9.18 Å². The van der Waals surface area contributed by atoms with Crippen molar-refractivity contribution in [1.82, 2.24) is 4.98 Å². The van der Waals surface area contributed by atoms with Gasteiger partial charge in [0.1, 0.15) is 5.82 Å². The second-order valence-corrected chi connectivity index (χ2v) is 3.60. The van der Waals surface area contributed by atoms with Crippen molar-refractivity contribution in [1.29, 1.82) is 0 Å². The fraction of sp³-hybridized carbons (Fsp3) is 0.400. The quantitative estimate of drug-likeness (QED) is 0.781. The molecular formula is C10H10FNO2. The number of rotatable bonds is 2. The molecule has 4 heteroatoms. The van der Waals surface area contributed by atoms with Crippen LogP contribution in [0.4, 0.5) is 4.39 Å². The lowest BCUT2D eigenvalue weighted by Gasteiger charge is -2.37. The van der Waals surface area contributed by atoms with Gasteiger partial charge < -0.3 is 5.11 Å². The van der Waals surface area contributed by atoms with Crippen LogP contribution in [0.25, 0.3) is 0 Å². The molecule has 1 aliphatic carbocycles. The summed E-state index contributed by atoms with van der Waals surface area (Å²) in [6.45, 7) is 0. The molecule has 0 radical (unpaired) electrons. The number of aromatic nitrogens is 1. The van der Waals surface area contributed by atoms with E-state index >= 15 is 0 Å². The first-order chi connectivity index (χ1) is 6.67. The Morgan fingerprint density at radius 1 is 1.57 bits per heavy atom. The number of pyridine rings is 1. The summed E-state index contributed by atoms with van der Waals surface area (Å²) in [4.78, 5) is 14.7. The summed E-state index contributed by atoms with van der Waals surface area (Å²) in [6, 6.07) is 1.46. The number of carboxylic acids is 1. The van der Waals surface area contributed by atoms with Crippen molar-refractivity contribution in [3.8, 4) is 0 Å². The largest absolute Gasteiger partial charge is 0.481 e. The number of carboxylic acid groups (broad SMARTS) is 1. The first-order valence-corrected chi connectivity index (χ1v) is 4.50. The fourth-order valence-electron chi connectivity index (χ4n) is 1.89. The van der Waals surface area contributed by atoms with Crippen LogP contribution in [0.5, 0.6) is 0 Å². The fourth-order valence-corrected chi connectivity index (χ4v) is 1.89. The normalized spacial score (nSPS) is 18.6. The molecule has 1 N–H and O–H groups in total. The second-order valence-electron chi connectivity index (χ2n) is 3.60. The number of nitrogens with zero attached hydrogens (tertiary/aromatic N) is 1. The second kappa shape index (κ2) is 3.04. The molecule has 74 valence electrons. The zero-order valence-corrected chi connectivity index (χ0v) is 7.53. The minimum Gasteiger partial charge on any atom is -0.481 e. The summed E-state index contributed by atoms with van der Waals surface area (Å²) in [5.41, 5.74) is -0.723. The van der Waals surface area contributed by atoms with Crippen molar-refractivity contribution >= 4 is 5.97 Å². The van der Waals surface area contributed by atoms with Crippen LogP contribution >= 0.6 is 0 Å². The maximum atomic E-state index is 13.3. The smallest absolute Gasteiger partial charge is 0.314 e. The highest BCUT2D eigenvalue weighted by atomic mass is 19.1. The third kappa shape index (κ3) is 1.10. The molecule has 3 nitrogen and oxygen atoms in total. The Bertz CT molecular complexity index is 374. The third-order valence-corrected chi connectivity index (χ3v) is 2.90. The molecule has 0 aromatic carbocycles. The highest BCUT2D eigenvalue weighted by Crippen LogP contribution is 2.44. The summed E-state index contributed by atoms with van der Waals surface area (Å²) in [7, 11) is 0. The highest BCUT2D eigenvalue weighted by Gasteiger charge is 2.47. The van der Waals surface area contributed by atoms with E-state index in [1.54, 1.807) is 0 Å². The number of hydrogen-bond acceptors (Lipinski definition) is 2. The van der Waals surface area contributed by atoms with Crippen LogP contribution in [0.2, 0.25) is 0 Å². The Hall–Kier alpha value is -1.45. The van der Waals surface area contributed by atoms with Crippen molar-refractivity contribution in [3.63, 3.8) is 0 Å². The number of carbonyl (C=O) groups is 1. The standard InChI is InChI=1S/C10H10FNO2/c11-8-6-12-5-2-7(8)10(9(13)14)3-1-4-10/h2,5-6H,1,3-4H2,(H,13,14). The van der Waals surface area contributed by atoms with Gasteiger partial charge in [-0.3, -0.25) is 9.78 Å². The lowest BCUT2D eigenvalue weighted by atomic mass is 9.64. The molecule has 1 aromatic heterocycles. The van der Waals surface area contributed by atoms with Gasteiger partial charge in [0.15, 0.2) is 0 Å². The van der Waals surface area contributed by atoms with E-state index in [1.807, 2.05) is 0 Å². The summed E-state index contributed by atoms with van der Waals surface area (Å²) in [6.07, 6.45) is 4.38. The van der Waals surface area contributed by atoms with Gasteiger partial charge in [0, 0.05) is 11.8 Å². The SMILES string of the molecule is O=C(O)C1(c2ccncc2F)CCC1. The number of aliphatic carboxylic acids is 1. The summed E-state index contributed by atoms with van der Waals surface area (Å²) >= 11 is 0. The maximum absolute atomic E-state index is 13.3. The Kier molecular flexibility index (Phi) is 1.98. The molecule has 0 bridgehead atoms. The zero-order chi connectivity index (χ0) is 10.2. The molecule has 2 rings (SSSR count). The molecular weight excluding hydrogens is 185 g/mol. The topological polar surface area (TPSA) is 50.2 Å². The van der Waals surface area contributed by atoms with Crippen LogP contribution in [-0.2, 0) is 10.2 Å². The van der Waals surface area contributed by atoms with Gasteiger partial charge in [-0.2, -0.15) is 0 Å². The predicted molar refractivity (Wildman–Crippen MR) is 47.4 cm³/mol. The molecule has 1 fully saturated rings. The van der Waals surface area contributed by atoms with Gasteiger partial charge in [-0.05, 0) is 18.9 Å². The minimum atomic E-state index is -0.993. The Morgan fingerprint density at radius 2 is 2.29 bits per heavy atom. The van der Waals surface area contributed by atoms with Crippen molar-refractivity contribution in [3.05, 3.63) is 29.8 Å². The van der Waals surface area contributed by atoms with Gasteiger partial charge in [-0.25, -0.2) is 4.39 Å². The molecule has 1 saturated carbocycles. The molecule has 0 aliphatic heterocycles. The monoisotopic (exact) mass is 195 g/mol. The van der Waals surface area contributed by atoms with Crippen molar-refractivity contribution in [2.75, 3.05) is 0 Å². The van der Waals surface area contributed by atoms with Gasteiger partial charge in [0.2, 0.25) is 0 Å². The minimum absolute atomic E-state index is 0.270. The van der Waals surface area contributed by atoms with Crippen molar-refractivity contribution in [2.45, 2.75) is 24.7 Å². The molecule has 0 unspecified atom stereocenters. The van der Waals surface area contributed by atoms with E-state index in [2.05, 4.69) is 4.98 Å². The third-order valence-electron chi connectivity index (χ3n) is 2.90. The van der Waals surface area contributed by atoms with Gasteiger partial charge >= 0.3 is 5.97 Å². The Balaban J connectivity index is 2.47. The van der Waals surface area contributed by atoms with Crippen LogP contribution in [0.15, 0.2) is 18.5 Å². The zero-order valence-electron chi connectivity index (χ0n) is 7.53. The first-order valence-electron chi connectivity index (χ1n) is 4.50. The number of halogens is 1. The molecule has 0 spiro atoms.